The van der Waals surface area contributed by atoms with Crippen molar-refractivity contribution in [1.82, 2.24) is 4.90 Å². The molecule has 0 spiro atoms. The summed E-state index contributed by atoms with van der Waals surface area (Å²) in [5.74, 6) is 0.441. The van der Waals surface area contributed by atoms with E-state index >= 15 is 0 Å². The zero-order chi connectivity index (χ0) is 14.8. The van der Waals surface area contributed by atoms with Gasteiger partial charge < -0.3 is 9.84 Å². The molecule has 1 fully saturated rings. The van der Waals surface area contributed by atoms with Gasteiger partial charge in [0.2, 0.25) is 0 Å². The maximum absolute atomic E-state index is 9.60. The summed E-state index contributed by atoms with van der Waals surface area (Å²) in [7, 11) is 2.10. The molecule has 3 nitrogen and oxygen atoms in total. The molecule has 0 saturated carbocycles. The second kappa shape index (κ2) is 6.44. The minimum absolute atomic E-state index is 0.108. The van der Waals surface area contributed by atoms with Crippen LogP contribution in [0.1, 0.15) is 25.5 Å². The van der Waals surface area contributed by atoms with E-state index in [-0.39, 0.29) is 18.1 Å². The van der Waals surface area contributed by atoms with E-state index in [1.165, 1.54) is 0 Å². The fourth-order valence-electron chi connectivity index (χ4n) is 3.07. The lowest BCUT2D eigenvalue weighted by molar-refractivity contribution is -0.150. The zero-order valence-corrected chi connectivity index (χ0v) is 13.2. The number of aliphatic hydroxyl groups excluding tert-OH is 1. The Bertz CT molecular complexity index is 440. The van der Waals surface area contributed by atoms with E-state index < -0.39 is 0 Å². The molecule has 4 heteroatoms. The number of aliphatic hydroxyl groups is 1. The molecule has 1 aliphatic rings. The van der Waals surface area contributed by atoms with Crippen molar-refractivity contribution in [1.29, 1.82) is 0 Å². The molecule has 1 N–H and O–H groups in total. The van der Waals surface area contributed by atoms with Crippen LogP contribution in [-0.4, -0.2) is 43.4 Å². The van der Waals surface area contributed by atoms with Gasteiger partial charge in [0.15, 0.2) is 0 Å². The van der Waals surface area contributed by atoms with Crippen LogP contribution in [-0.2, 0) is 4.74 Å². The van der Waals surface area contributed by atoms with E-state index in [0.717, 1.165) is 17.1 Å². The summed E-state index contributed by atoms with van der Waals surface area (Å²) in [6, 6.07) is 8.25. The fourth-order valence-corrected chi connectivity index (χ4v) is 3.32. The lowest BCUT2D eigenvalue weighted by Gasteiger charge is -2.45. The number of hydrogen-bond donors (Lipinski definition) is 1. The fraction of sp³-hybridized carbons (Fsp3) is 0.625. The molecule has 1 aromatic rings. The van der Waals surface area contributed by atoms with Gasteiger partial charge in [-0.25, -0.2) is 0 Å². The molecule has 1 unspecified atom stereocenters. The molecule has 112 valence electrons. The summed E-state index contributed by atoms with van der Waals surface area (Å²) >= 11 is 6.36. The van der Waals surface area contributed by atoms with Gasteiger partial charge in [0, 0.05) is 17.6 Å². The zero-order valence-electron chi connectivity index (χ0n) is 12.5. The number of benzene rings is 1. The Balaban J connectivity index is 2.18. The lowest BCUT2D eigenvalue weighted by Crippen LogP contribution is -2.53. The third-order valence-electron chi connectivity index (χ3n) is 4.07. The molecular weight excluding hydrogens is 274 g/mol. The van der Waals surface area contributed by atoms with Crippen LogP contribution < -0.4 is 0 Å². The molecule has 2 rings (SSSR count). The van der Waals surface area contributed by atoms with E-state index in [9.17, 15) is 5.11 Å². The molecule has 0 bridgehead atoms. The molecule has 0 aliphatic carbocycles. The van der Waals surface area contributed by atoms with Crippen LogP contribution in [0.5, 0.6) is 0 Å². The normalized spacial score (nSPS) is 19.1. The highest BCUT2D eigenvalue weighted by Crippen LogP contribution is 2.36. The maximum atomic E-state index is 9.60. The number of hydrogen-bond acceptors (Lipinski definition) is 3. The predicted octanol–water partition coefficient (Wildman–Crippen LogP) is 2.98. The molecule has 1 heterocycles. The van der Waals surface area contributed by atoms with Crippen molar-refractivity contribution in [2.75, 3.05) is 33.4 Å². The molecule has 0 amide bonds. The number of rotatable bonds is 6. The van der Waals surface area contributed by atoms with Gasteiger partial charge in [-0.15, -0.1) is 0 Å². The van der Waals surface area contributed by atoms with Gasteiger partial charge >= 0.3 is 0 Å². The van der Waals surface area contributed by atoms with Crippen LogP contribution in [0.2, 0.25) is 5.02 Å². The highest BCUT2D eigenvalue weighted by atomic mass is 35.5. The Morgan fingerprint density at radius 3 is 2.45 bits per heavy atom. The summed E-state index contributed by atoms with van der Waals surface area (Å²) in [5, 5.41) is 10.4. The topological polar surface area (TPSA) is 32.7 Å². The number of halogens is 1. The summed E-state index contributed by atoms with van der Waals surface area (Å²) in [6.07, 6.45) is 0. The van der Waals surface area contributed by atoms with Crippen LogP contribution in [0.25, 0.3) is 0 Å². The smallest absolute Gasteiger partial charge is 0.0579 e. The van der Waals surface area contributed by atoms with Crippen molar-refractivity contribution in [3.8, 4) is 0 Å². The molecular formula is C16H24ClNO2. The SMILES string of the molecule is CC(C)C(c1ccccc1Cl)N(C)CC1(CO)COC1. The first kappa shape index (κ1) is 15.8. The predicted molar refractivity (Wildman–Crippen MR) is 82.0 cm³/mol. The Morgan fingerprint density at radius 1 is 1.35 bits per heavy atom. The van der Waals surface area contributed by atoms with Crippen LogP contribution in [0.3, 0.4) is 0 Å². The molecule has 0 radical (unpaired) electrons. The minimum Gasteiger partial charge on any atom is -0.396 e. The molecule has 1 aromatic carbocycles. The Hall–Kier alpha value is -0.610. The highest BCUT2D eigenvalue weighted by molar-refractivity contribution is 6.31. The highest BCUT2D eigenvalue weighted by Gasteiger charge is 2.40. The first-order chi connectivity index (χ1) is 9.49. The van der Waals surface area contributed by atoms with Gasteiger partial charge in [-0.2, -0.15) is 0 Å². The largest absolute Gasteiger partial charge is 0.396 e. The van der Waals surface area contributed by atoms with Crippen LogP contribution in [0, 0.1) is 11.3 Å². The van der Waals surface area contributed by atoms with Gasteiger partial charge in [-0.1, -0.05) is 43.6 Å². The second-order valence-electron chi connectivity index (χ2n) is 6.28. The Labute approximate surface area is 126 Å². The number of nitrogens with zero attached hydrogens (tertiary/aromatic N) is 1. The van der Waals surface area contributed by atoms with Gasteiger partial charge in [0.1, 0.15) is 0 Å². The van der Waals surface area contributed by atoms with Crippen molar-refractivity contribution >= 4 is 11.6 Å². The maximum Gasteiger partial charge on any atom is 0.0579 e. The van der Waals surface area contributed by atoms with Crippen molar-refractivity contribution in [2.45, 2.75) is 19.9 Å². The lowest BCUT2D eigenvalue weighted by atomic mass is 9.84. The summed E-state index contributed by atoms with van der Waals surface area (Å²) in [4.78, 5) is 2.30. The van der Waals surface area contributed by atoms with Crippen LogP contribution in [0.4, 0.5) is 0 Å². The minimum atomic E-state index is -0.108. The van der Waals surface area contributed by atoms with Gasteiger partial charge in [0.05, 0.1) is 25.2 Å². The summed E-state index contributed by atoms with van der Waals surface area (Å²) in [6.45, 7) is 6.67. The molecule has 20 heavy (non-hydrogen) atoms. The average Bonchev–Trinajstić information content (AvgIpc) is 2.36. The Morgan fingerprint density at radius 2 is 2.00 bits per heavy atom. The van der Waals surface area contributed by atoms with Crippen molar-refractivity contribution in [2.24, 2.45) is 11.3 Å². The average molecular weight is 298 g/mol. The second-order valence-corrected chi connectivity index (χ2v) is 6.68. The molecule has 1 saturated heterocycles. The van der Waals surface area contributed by atoms with E-state index in [1.807, 2.05) is 18.2 Å². The standard InChI is InChI=1S/C16H24ClNO2/c1-12(2)15(13-6-4-5-7-14(13)17)18(3)8-16(9-19)10-20-11-16/h4-7,12,15,19H,8-11H2,1-3H3. The van der Waals surface area contributed by atoms with E-state index in [0.29, 0.717) is 19.1 Å². The Kier molecular flexibility index (Phi) is 5.08. The molecule has 1 atom stereocenters. The monoisotopic (exact) mass is 297 g/mol. The van der Waals surface area contributed by atoms with Crippen LogP contribution in [0.15, 0.2) is 24.3 Å². The van der Waals surface area contributed by atoms with E-state index in [2.05, 4.69) is 31.9 Å². The molecule has 0 aromatic heterocycles. The first-order valence-corrected chi connectivity index (χ1v) is 7.50. The first-order valence-electron chi connectivity index (χ1n) is 7.12. The third-order valence-corrected chi connectivity index (χ3v) is 4.41. The van der Waals surface area contributed by atoms with E-state index in [1.54, 1.807) is 0 Å². The van der Waals surface area contributed by atoms with Crippen molar-refractivity contribution in [3.63, 3.8) is 0 Å². The van der Waals surface area contributed by atoms with Gasteiger partial charge in [0.25, 0.3) is 0 Å². The number of ether oxygens (including phenoxy) is 1. The summed E-state index contributed by atoms with van der Waals surface area (Å²) in [5.41, 5.74) is 1.04. The quantitative estimate of drug-likeness (QED) is 0.876. The van der Waals surface area contributed by atoms with Crippen LogP contribution >= 0.6 is 11.6 Å². The van der Waals surface area contributed by atoms with Gasteiger partial charge in [-0.3, -0.25) is 4.90 Å². The third kappa shape index (κ3) is 3.17. The molecule has 1 aliphatic heterocycles. The summed E-state index contributed by atoms with van der Waals surface area (Å²) < 4.78 is 5.29. The van der Waals surface area contributed by atoms with Crippen molar-refractivity contribution < 1.29 is 9.84 Å². The van der Waals surface area contributed by atoms with Crippen molar-refractivity contribution in [3.05, 3.63) is 34.9 Å². The van der Waals surface area contributed by atoms with Gasteiger partial charge in [-0.05, 0) is 24.6 Å². The van der Waals surface area contributed by atoms with E-state index in [4.69, 9.17) is 16.3 Å².